The molecule has 1 aliphatic rings. The minimum atomic E-state index is -0.0744. The zero-order valence-corrected chi connectivity index (χ0v) is 10.7. The third kappa shape index (κ3) is 4.49. The number of hydrogen-bond acceptors (Lipinski definition) is 3. The fourth-order valence-corrected chi connectivity index (χ4v) is 2.32. The molecule has 3 heteroatoms. The number of rotatable bonds is 4. The van der Waals surface area contributed by atoms with Gasteiger partial charge >= 0.3 is 0 Å². The predicted octanol–water partition coefficient (Wildman–Crippen LogP) is 1.47. The quantitative estimate of drug-likeness (QED) is 0.770. The number of hydrogen-bond donors (Lipinski definition) is 1. The minimum absolute atomic E-state index is 0.0744. The van der Waals surface area contributed by atoms with Crippen LogP contribution < -0.4 is 5.73 Å². The first kappa shape index (κ1) is 12.9. The third-order valence-corrected chi connectivity index (χ3v) is 3.19. The van der Waals surface area contributed by atoms with E-state index in [0.717, 1.165) is 26.2 Å². The number of piperidine rings is 1. The van der Waals surface area contributed by atoms with E-state index in [4.69, 9.17) is 10.5 Å². The fraction of sp³-hybridized carbons (Fsp3) is 1.00. The second-order valence-electron chi connectivity index (χ2n) is 6.01. The maximum Gasteiger partial charge on any atom is 0.0516 e. The molecule has 0 aromatic carbocycles. The van der Waals surface area contributed by atoms with Crippen molar-refractivity contribution in [3.8, 4) is 0 Å². The Morgan fingerprint density at radius 2 is 1.87 bits per heavy atom. The molecule has 1 heterocycles. The zero-order valence-electron chi connectivity index (χ0n) is 10.7. The number of methoxy groups -OCH3 is 1. The molecule has 0 spiro atoms. The van der Waals surface area contributed by atoms with Crippen LogP contribution >= 0.6 is 0 Å². The zero-order chi connectivity index (χ0) is 11.5. The molecule has 0 saturated carbocycles. The summed E-state index contributed by atoms with van der Waals surface area (Å²) in [6.45, 7) is 10.7. The minimum Gasteiger partial charge on any atom is -0.384 e. The Labute approximate surface area is 94.0 Å². The van der Waals surface area contributed by atoms with Crippen LogP contribution in [0.4, 0.5) is 0 Å². The highest BCUT2D eigenvalue weighted by molar-refractivity contribution is 4.85. The topological polar surface area (TPSA) is 38.5 Å². The molecule has 90 valence electrons. The summed E-state index contributed by atoms with van der Waals surface area (Å²) in [7, 11) is 1.79. The Kier molecular flexibility index (Phi) is 4.15. The van der Waals surface area contributed by atoms with E-state index in [0.29, 0.717) is 5.41 Å². The van der Waals surface area contributed by atoms with Gasteiger partial charge in [0.05, 0.1) is 6.61 Å². The highest BCUT2D eigenvalue weighted by Crippen LogP contribution is 2.31. The van der Waals surface area contributed by atoms with Gasteiger partial charge in [-0.25, -0.2) is 0 Å². The van der Waals surface area contributed by atoms with Gasteiger partial charge in [0.1, 0.15) is 0 Å². The molecule has 1 saturated heterocycles. The molecule has 0 amide bonds. The monoisotopic (exact) mass is 214 g/mol. The Morgan fingerprint density at radius 1 is 1.33 bits per heavy atom. The molecular formula is C12H26N2O. The van der Waals surface area contributed by atoms with Crippen molar-refractivity contribution in [1.29, 1.82) is 0 Å². The summed E-state index contributed by atoms with van der Waals surface area (Å²) in [6.07, 6.45) is 2.44. The van der Waals surface area contributed by atoms with Crippen LogP contribution in [0.3, 0.4) is 0 Å². The largest absolute Gasteiger partial charge is 0.384 e. The maximum atomic E-state index is 6.03. The molecule has 15 heavy (non-hydrogen) atoms. The molecule has 2 N–H and O–H groups in total. The molecule has 1 fully saturated rings. The van der Waals surface area contributed by atoms with Crippen LogP contribution in [0.1, 0.15) is 33.6 Å². The summed E-state index contributed by atoms with van der Waals surface area (Å²) in [4.78, 5) is 2.47. The summed E-state index contributed by atoms with van der Waals surface area (Å²) in [5.74, 6) is 0. The number of likely N-dealkylation sites (tertiary alicyclic amines) is 1. The van der Waals surface area contributed by atoms with E-state index in [-0.39, 0.29) is 5.54 Å². The summed E-state index contributed by atoms with van der Waals surface area (Å²) in [6, 6.07) is 0. The normalized spacial score (nSPS) is 23.0. The maximum absolute atomic E-state index is 6.03. The average Bonchev–Trinajstić information content (AvgIpc) is 2.08. The number of nitrogens with zero attached hydrogens (tertiary/aromatic N) is 1. The van der Waals surface area contributed by atoms with Crippen molar-refractivity contribution in [3.05, 3.63) is 0 Å². The SMILES string of the molecule is COCC1(C)CCN(CC(C)(C)N)CC1. The molecule has 1 aliphatic heterocycles. The molecular weight excluding hydrogens is 188 g/mol. The Morgan fingerprint density at radius 3 is 2.27 bits per heavy atom. The molecule has 3 nitrogen and oxygen atoms in total. The lowest BCUT2D eigenvalue weighted by molar-refractivity contribution is 0.0298. The predicted molar refractivity (Wildman–Crippen MR) is 63.9 cm³/mol. The first-order valence-corrected chi connectivity index (χ1v) is 5.85. The Hall–Kier alpha value is -0.120. The van der Waals surface area contributed by atoms with E-state index in [2.05, 4.69) is 25.7 Å². The summed E-state index contributed by atoms with van der Waals surface area (Å²) < 4.78 is 5.28. The van der Waals surface area contributed by atoms with Gasteiger partial charge in [-0.05, 0) is 45.2 Å². The van der Waals surface area contributed by atoms with Crippen LogP contribution in [-0.4, -0.2) is 43.8 Å². The van der Waals surface area contributed by atoms with Crippen molar-refractivity contribution in [1.82, 2.24) is 4.90 Å². The van der Waals surface area contributed by atoms with Crippen LogP contribution in [0, 0.1) is 5.41 Å². The second kappa shape index (κ2) is 4.81. The van der Waals surface area contributed by atoms with Crippen molar-refractivity contribution < 1.29 is 4.74 Å². The molecule has 0 atom stereocenters. The second-order valence-corrected chi connectivity index (χ2v) is 6.01. The van der Waals surface area contributed by atoms with Crippen LogP contribution in [0.5, 0.6) is 0 Å². The summed E-state index contributed by atoms with van der Waals surface area (Å²) >= 11 is 0. The van der Waals surface area contributed by atoms with Gasteiger partial charge in [-0.2, -0.15) is 0 Å². The molecule has 0 aromatic heterocycles. The average molecular weight is 214 g/mol. The van der Waals surface area contributed by atoms with Crippen molar-refractivity contribution in [3.63, 3.8) is 0 Å². The van der Waals surface area contributed by atoms with Crippen LogP contribution in [0.15, 0.2) is 0 Å². The fourth-order valence-electron chi connectivity index (χ4n) is 2.32. The molecule has 0 radical (unpaired) electrons. The standard InChI is InChI=1S/C12H26N2O/c1-11(2,13)9-14-7-5-12(3,6-8-14)10-15-4/h5-10,13H2,1-4H3. The van der Waals surface area contributed by atoms with E-state index < -0.39 is 0 Å². The van der Waals surface area contributed by atoms with Crippen molar-refractivity contribution >= 4 is 0 Å². The van der Waals surface area contributed by atoms with Gasteiger partial charge < -0.3 is 15.4 Å². The number of nitrogens with two attached hydrogens (primary N) is 1. The van der Waals surface area contributed by atoms with Crippen molar-refractivity contribution in [2.45, 2.75) is 39.2 Å². The van der Waals surface area contributed by atoms with Gasteiger partial charge in [-0.3, -0.25) is 0 Å². The van der Waals surface area contributed by atoms with E-state index in [1.165, 1.54) is 12.8 Å². The smallest absolute Gasteiger partial charge is 0.0516 e. The molecule has 1 rings (SSSR count). The molecule has 0 bridgehead atoms. The lowest BCUT2D eigenvalue weighted by Gasteiger charge is -2.41. The highest BCUT2D eigenvalue weighted by Gasteiger charge is 2.31. The molecule has 0 unspecified atom stereocenters. The first-order valence-electron chi connectivity index (χ1n) is 5.85. The van der Waals surface area contributed by atoms with Crippen LogP contribution in [0.25, 0.3) is 0 Å². The lowest BCUT2D eigenvalue weighted by Crippen LogP contribution is -2.49. The van der Waals surface area contributed by atoms with E-state index in [1.807, 2.05) is 0 Å². The van der Waals surface area contributed by atoms with Crippen LogP contribution in [-0.2, 0) is 4.74 Å². The Balaban J connectivity index is 2.35. The summed E-state index contributed by atoms with van der Waals surface area (Å²) in [5.41, 5.74) is 6.33. The summed E-state index contributed by atoms with van der Waals surface area (Å²) in [5, 5.41) is 0. The van der Waals surface area contributed by atoms with Gasteiger partial charge in [-0.1, -0.05) is 6.92 Å². The van der Waals surface area contributed by atoms with E-state index in [1.54, 1.807) is 7.11 Å². The highest BCUT2D eigenvalue weighted by atomic mass is 16.5. The molecule has 0 aromatic rings. The van der Waals surface area contributed by atoms with Crippen LogP contribution in [0.2, 0.25) is 0 Å². The third-order valence-electron chi connectivity index (χ3n) is 3.19. The van der Waals surface area contributed by atoms with Gasteiger partial charge in [0.15, 0.2) is 0 Å². The lowest BCUT2D eigenvalue weighted by atomic mass is 9.81. The molecule has 0 aliphatic carbocycles. The number of ether oxygens (including phenoxy) is 1. The first-order chi connectivity index (χ1) is 6.85. The van der Waals surface area contributed by atoms with Gasteiger partial charge in [0.25, 0.3) is 0 Å². The van der Waals surface area contributed by atoms with E-state index >= 15 is 0 Å². The Bertz CT molecular complexity index is 190. The van der Waals surface area contributed by atoms with E-state index in [9.17, 15) is 0 Å². The van der Waals surface area contributed by atoms with Crippen molar-refractivity contribution in [2.75, 3.05) is 33.4 Å². The van der Waals surface area contributed by atoms with Gasteiger partial charge in [-0.15, -0.1) is 0 Å². The van der Waals surface area contributed by atoms with Gasteiger partial charge in [0.2, 0.25) is 0 Å². The van der Waals surface area contributed by atoms with Gasteiger partial charge in [0, 0.05) is 19.2 Å². The van der Waals surface area contributed by atoms with Crippen molar-refractivity contribution in [2.24, 2.45) is 11.1 Å².